The molecule has 1 aliphatic rings. The fourth-order valence-electron chi connectivity index (χ4n) is 3.07. The number of amides is 1. The SMILES string of the molecule is Cc1ccc(CCC(=O)N2CCN(c3ccccc3Cl)CC2)cc1. The van der Waals surface area contributed by atoms with Crippen molar-refractivity contribution in [2.75, 3.05) is 31.1 Å². The van der Waals surface area contributed by atoms with Crippen molar-refractivity contribution in [3.8, 4) is 0 Å². The predicted molar refractivity (Wildman–Crippen MR) is 99.7 cm³/mol. The third-order valence-electron chi connectivity index (χ3n) is 4.57. The van der Waals surface area contributed by atoms with Crippen LogP contribution >= 0.6 is 11.6 Å². The molecular formula is C20H23ClN2O. The minimum atomic E-state index is 0.245. The van der Waals surface area contributed by atoms with Crippen molar-refractivity contribution in [3.05, 3.63) is 64.7 Å². The highest BCUT2D eigenvalue weighted by molar-refractivity contribution is 6.33. The van der Waals surface area contributed by atoms with E-state index in [4.69, 9.17) is 11.6 Å². The number of aryl methyl sites for hydroxylation is 2. The van der Waals surface area contributed by atoms with Gasteiger partial charge in [-0.05, 0) is 31.0 Å². The lowest BCUT2D eigenvalue weighted by Crippen LogP contribution is -2.48. The van der Waals surface area contributed by atoms with Crippen molar-refractivity contribution in [2.24, 2.45) is 0 Å². The Morgan fingerprint density at radius 2 is 1.67 bits per heavy atom. The Kier molecular flexibility index (Phi) is 5.41. The number of para-hydroxylation sites is 1. The largest absolute Gasteiger partial charge is 0.367 e. The van der Waals surface area contributed by atoms with Crippen molar-refractivity contribution >= 4 is 23.2 Å². The fraction of sp³-hybridized carbons (Fsp3) is 0.350. The number of rotatable bonds is 4. The van der Waals surface area contributed by atoms with Gasteiger partial charge in [-0.1, -0.05) is 53.6 Å². The molecule has 0 atom stereocenters. The van der Waals surface area contributed by atoms with E-state index in [0.29, 0.717) is 6.42 Å². The van der Waals surface area contributed by atoms with Crippen LogP contribution in [0.15, 0.2) is 48.5 Å². The molecule has 0 bridgehead atoms. The van der Waals surface area contributed by atoms with Crippen LogP contribution in [0.1, 0.15) is 17.5 Å². The smallest absolute Gasteiger partial charge is 0.223 e. The van der Waals surface area contributed by atoms with E-state index in [0.717, 1.165) is 43.3 Å². The number of hydrogen-bond acceptors (Lipinski definition) is 2. The fourth-order valence-corrected chi connectivity index (χ4v) is 3.32. The molecule has 4 heteroatoms. The number of anilines is 1. The molecule has 126 valence electrons. The van der Waals surface area contributed by atoms with Gasteiger partial charge in [0.15, 0.2) is 0 Å². The summed E-state index contributed by atoms with van der Waals surface area (Å²) in [5.41, 5.74) is 3.54. The molecule has 0 aromatic heterocycles. The number of piperazine rings is 1. The zero-order valence-electron chi connectivity index (χ0n) is 14.0. The Morgan fingerprint density at radius 3 is 2.33 bits per heavy atom. The van der Waals surface area contributed by atoms with E-state index in [-0.39, 0.29) is 5.91 Å². The minimum absolute atomic E-state index is 0.245. The van der Waals surface area contributed by atoms with Gasteiger partial charge >= 0.3 is 0 Å². The molecule has 2 aromatic carbocycles. The van der Waals surface area contributed by atoms with Crippen LogP contribution in [0.25, 0.3) is 0 Å². The van der Waals surface area contributed by atoms with Crippen LogP contribution in [0.2, 0.25) is 5.02 Å². The van der Waals surface area contributed by atoms with Crippen LogP contribution in [0, 0.1) is 6.92 Å². The summed E-state index contributed by atoms with van der Waals surface area (Å²) in [5, 5.41) is 0.775. The molecule has 1 heterocycles. The van der Waals surface area contributed by atoms with E-state index >= 15 is 0 Å². The maximum atomic E-state index is 12.4. The third kappa shape index (κ3) is 4.09. The van der Waals surface area contributed by atoms with Gasteiger partial charge in [0.2, 0.25) is 5.91 Å². The minimum Gasteiger partial charge on any atom is -0.367 e. The number of nitrogens with zero attached hydrogens (tertiary/aromatic N) is 2. The van der Waals surface area contributed by atoms with Crippen molar-refractivity contribution in [1.82, 2.24) is 4.90 Å². The normalized spacial score (nSPS) is 14.8. The van der Waals surface area contributed by atoms with Gasteiger partial charge in [-0.25, -0.2) is 0 Å². The summed E-state index contributed by atoms with van der Waals surface area (Å²) in [5.74, 6) is 0.245. The summed E-state index contributed by atoms with van der Waals surface area (Å²) in [6.07, 6.45) is 1.39. The van der Waals surface area contributed by atoms with E-state index in [1.807, 2.05) is 29.2 Å². The molecule has 0 aliphatic carbocycles. The lowest BCUT2D eigenvalue weighted by molar-refractivity contribution is -0.131. The number of hydrogen-bond donors (Lipinski definition) is 0. The van der Waals surface area contributed by atoms with Crippen molar-refractivity contribution in [1.29, 1.82) is 0 Å². The Balaban J connectivity index is 1.50. The van der Waals surface area contributed by atoms with E-state index in [9.17, 15) is 4.79 Å². The summed E-state index contributed by atoms with van der Waals surface area (Å²) >= 11 is 6.26. The summed E-state index contributed by atoms with van der Waals surface area (Å²) in [6, 6.07) is 16.3. The average Bonchev–Trinajstić information content (AvgIpc) is 2.61. The third-order valence-corrected chi connectivity index (χ3v) is 4.89. The molecule has 0 saturated carbocycles. The topological polar surface area (TPSA) is 23.6 Å². The monoisotopic (exact) mass is 342 g/mol. The second kappa shape index (κ2) is 7.71. The first-order valence-electron chi connectivity index (χ1n) is 8.46. The molecule has 3 rings (SSSR count). The van der Waals surface area contributed by atoms with Gasteiger partial charge < -0.3 is 9.80 Å². The molecule has 0 spiro atoms. The first-order chi connectivity index (χ1) is 11.6. The zero-order valence-corrected chi connectivity index (χ0v) is 14.8. The number of benzene rings is 2. The molecule has 2 aromatic rings. The first-order valence-corrected chi connectivity index (χ1v) is 8.84. The number of carbonyl (C=O) groups excluding carboxylic acids is 1. The van der Waals surface area contributed by atoms with E-state index in [1.54, 1.807) is 0 Å². The highest BCUT2D eigenvalue weighted by atomic mass is 35.5. The highest BCUT2D eigenvalue weighted by Gasteiger charge is 2.21. The Labute approximate surface area is 148 Å². The van der Waals surface area contributed by atoms with Gasteiger partial charge in [-0.3, -0.25) is 4.79 Å². The number of halogens is 1. The van der Waals surface area contributed by atoms with Gasteiger partial charge in [0.05, 0.1) is 10.7 Å². The lowest BCUT2D eigenvalue weighted by Gasteiger charge is -2.36. The van der Waals surface area contributed by atoms with Crippen LogP contribution < -0.4 is 4.90 Å². The highest BCUT2D eigenvalue weighted by Crippen LogP contribution is 2.26. The molecule has 1 aliphatic heterocycles. The van der Waals surface area contributed by atoms with Gasteiger partial charge in [0, 0.05) is 32.6 Å². The maximum Gasteiger partial charge on any atom is 0.223 e. The Hall–Kier alpha value is -2.00. The van der Waals surface area contributed by atoms with Gasteiger partial charge in [-0.15, -0.1) is 0 Å². The first kappa shape index (κ1) is 16.8. The summed E-state index contributed by atoms with van der Waals surface area (Å²) in [6.45, 7) is 5.27. The molecule has 0 N–H and O–H groups in total. The van der Waals surface area contributed by atoms with Crippen LogP contribution in [-0.4, -0.2) is 37.0 Å². The van der Waals surface area contributed by atoms with Crippen molar-refractivity contribution < 1.29 is 4.79 Å². The molecule has 1 amide bonds. The molecule has 1 saturated heterocycles. The van der Waals surface area contributed by atoms with E-state index in [2.05, 4.69) is 36.1 Å². The van der Waals surface area contributed by atoms with E-state index < -0.39 is 0 Å². The molecule has 1 fully saturated rings. The molecule has 0 unspecified atom stereocenters. The van der Waals surface area contributed by atoms with Crippen LogP contribution in [0.5, 0.6) is 0 Å². The predicted octanol–water partition coefficient (Wildman–Crippen LogP) is 3.93. The standard InChI is InChI=1S/C20H23ClN2O/c1-16-6-8-17(9-7-16)10-11-20(24)23-14-12-22(13-15-23)19-5-3-2-4-18(19)21/h2-9H,10-15H2,1H3. The van der Waals surface area contributed by atoms with Crippen molar-refractivity contribution in [2.45, 2.75) is 19.8 Å². The molecule has 24 heavy (non-hydrogen) atoms. The van der Waals surface area contributed by atoms with E-state index in [1.165, 1.54) is 11.1 Å². The van der Waals surface area contributed by atoms with Crippen LogP contribution in [0.3, 0.4) is 0 Å². The summed E-state index contributed by atoms with van der Waals surface area (Å²) in [7, 11) is 0. The van der Waals surface area contributed by atoms with Crippen molar-refractivity contribution in [3.63, 3.8) is 0 Å². The Bertz CT molecular complexity index is 691. The second-order valence-corrected chi connectivity index (χ2v) is 6.71. The molecule has 3 nitrogen and oxygen atoms in total. The van der Waals surface area contributed by atoms with Crippen LogP contribution in [-0.2, 0) is 11.2 Å². The van der Waals surface area contributed by atoms with Gasteiger partial charge in [0.25, 0.3) is 0 Å². The van der Waals surface area contributed by atoms with Gasteiger partial charge in [0.1, 0.15) is 0 Å². The lowest BCUT2D eigenvalue weighted by atomic mass is 10.1. The number of carbonyl (C=O) groups is 1. The quantitative estimate of drug-likeness (QED) is 0.840. The van der Waals surface area contributed by atoms with Gasteiger partial charge in [-0.2, -0.15) is 0 Å². The maximum absolute atomic E-state index is 12.4. The summed E-state index contributed by atoms with van der Waals surface area (Å²) in [4.78, 5) is 16.7. The molecular weight excluding hydrogens is 320 g/mol. The Morgan fingerprint density at radius 1 is 1.00 bits per heavy atom. The molecule has 0 radical (unpaired) electrons. The van der Waals surface area contributed by atoms with Crippen LogP contribution in [0.4, 0.5) is 5.69 Å². The average molecular weight is 343 g/mol. The summed E-state index contributed by atoms with van der Waals surface area (Å²) < 4.78 is 0. The second-order valence-electron chi connectivity index (χ2n) is 6.30. The zero-order chi connectivity index (χ0) is 16.9.